The molecule has 1 fully saturated rings. The van der Waals surface area contributed by atoms with Crippen LogP contribution in [0.4, 0.5) is 0 Å². The van der Waals surface area contributed by atoms with Crippen molar-refractivity contribution in [3.63, 3.8) is 0 Å². The number of piperidine rings is 1. The molecule has 92 valence electrons. The van der Waals surface area contributed by atoms with Gasteiger partial charge in [-0.25, -0.2) is 0 Å². The smallest absolute Gasteiger partial charge is 0.243 e. The summed E-state index contributed by atoms with van der Waals surface area (Å²) in [7, 11) is 1.96. The van der Waals surface area contributed by atoms with Gasteiger partial charge >= 0.3 is 0 Å². The Hall–Kier alpha value is -0.900. The maximum Gasteiger partial charge on any atom is 0.243 e. The molecule has 2 amide bonds. The minimum Gasteiger partial charge on any atom is -0.295 e. The highest BCUT2D eigenvalue weighted by atomic mass is 16.2. The van der Waals surface area contributed by atoms with E-state index in [1.807, 2.05) is 7.05 Å². The van der Waals surface area contributed by atoms with Crippen LogP contribution < -0.4 is 5.32 Å². The van der Waals surface area contributed by atoms with Crippen molar-refractivity contribution in [3.05, 3.63) is 0 Å². The van der Waals surface area contributed by atoms with Crippen molar-refractivity contribution in [2.75, 3.05) is 13.6 Å². The summed E-state index contributed by atoms with van der Waals surface area (Å²) in [5.41, 5.74) is 0. The standard InChI is InChI=1S/C12H22N2O2/c1-3-4-5-6-9-14(2)10-7-8-11(15)13-12(10)16/h10H,3-9H2,1-2H3,(H,13,15,16). The zero-order chi connectivity index (χ0) is 12.0. The monoisotopic (exact) mass is 226 g/mol. The number of amides is 2. The molecule has 16 heavy (non-hydrogen) atoms. The molecular formula is C12H22N2O2. The molecule has 1 N–H and O–H groups in total. The minimum absolute atomic E-state index is 0.112. The average Bonchev–Trinajstić information content (AvgIpc) is 2.24. The quantitative estimate of drug-likeness (QED) is 0.548. The van der Waals surface area contributed by atoms with E-state index < -0.39 is 0 Å². The van der Waals surface area contributed by atoms with Crippen LogP contribution in [0.15, 0.2) is 0 Å². The summed E-state index contributed by atoms with van der Waals surface area (Å²) in [6, 6.07) is -0.112. The summed E-state index contributed by atoms with van der Waals surface area (Å²) < 4.78 is 0. The molecule has 1 aliphatic rings. The Kier molecular flexibility index (Phi) is 5.46. The number of hydrogen-bond donors (Lipinski definition) is 1. The normalized spacial score (nSPS) is 21.3. The molecule has 0 aliphatic carbocycles. The van der Waals surface area contributed by atoms with Crippen LogP contribution in [0.25, 0.3) is 0 Å². The largest absolute Gasteiger partial charge is 0.295 e. The second-order valence-electron chi connectivity index (χ2n) is 4.51. The fourth-order valence-electron chi connectivity index (χ4n) is 2.05. The van der Waals surface area contributed by atoms with Crippen molar-refractivity contribution in [2.45, 2.75) is 51.5 Å². The molecule has 0 saturated carbocycles. The van der Waals surface area contributed by atoms with E-state index in [1.54, 1.807) is 0 Å². The highest BCUT2D eigenvalue weighted by Gasteiger charge is 2.29. The Balaban J connectivity index is 2.27. The van der Waals surface area contributed by atoms with Crippen molar-refractivity contribution < 1.29 is 9.59 Å². The van der Waals surface area contributed by atoms with Crippen LogP contribution in [0, 0.1) is 0 Å². The molecule has 0 radical (unpaired) electrons. The number of nitrogens with one attached hydrogen (secondary N) is 1. The van der Waals surface area contributed by atoms with Crippen molar-refractivity contribution in [1.82, 2.24) is 10.2 Å². The molecule has 0 bridgehead atoms. The number of likely N-dealkylation sites (N-methyl/N-ethyl adjacent to an activating group) is 1. The lowest BCUT2D eigenvalue weighted by atomic mass is 10.0. The van der Waals surface area contributed by atoms with Gasteiger partial charge in [-0.2, -0.15) is 0 Å². The number of unbranched alkanes of at least 4 members (excludes halogenated alkanes) is 3. The van der Waals surface area contributed by atoms with Crippen molar-refractivity contribution >= 4 is 11.8 Å². The summed E-state index contributed by atoms with van der Waals surface area (Å²) >= 11 is 0. The Labute approximate surface area is 97.4 Å². The fraction of sp³-hybridized carbons (Fsp3) is 0.833. The van der Waals surface area contributed by atoms with Gasteiger partial charge in [0.1, 0.15) is 0 Å². The molecule has 0 aromatic rings. The Morgan fingerprint density at radius 3 is 2.69 bits per heavy atom. The second-order valence-corrected chi connectivity index (χ2v) is 4.51. The van der Waals surface area contributed by atoms with Gasteiger partial charge in [-0.1, -0.05) is 26.2 Å². The van der Waals surface area contributed by atoms with E-state index in [0.717, 1.165) is 13.0 Å². The predicted octanol–water partition coefficient (Wildman–Crippen LogP) is 1.30. The van der Waals surface area contributed by atoms with E-state index in [0.29, 0.717) is 12.8 Å². The van der Waals surface area contributed by atoms with Crippen LogP contribution in [0.3, 0.4) is 0 Å². The van der Waals surface area contributed by atoms with Gasteiger partial charge < -0.3 is 0 Å². The van der Waals surface area contributed by atoms with Gasteiger partial charge in [-0.05, 0) is 26.4 Å². The van der Waals surface area contributed by atoms with Crippen LogP contribution in [0.1, 0.15) is 45.4 Å². The minimum atomic E-state index is -0.138. The summed E-state index contributed by atoms with van der Waals surface area (Å²) in [4.78, 5) is 24.6. The average molecular weight is 226 g/mol. The molecule has 4 nitrogen and oxygen atoms in total. The van der Waals surface area contributed by atoms with E-state index in [-0.39, 0.29) is 17.9 Å². The molecule has 1 aliphatic heterocycles. The maximum absolute atomic E-state index is 11.6. The third-order valence-corrected chi connectivity index (χ3v) is 3.11. The second kappa shape index (κ2) is 6.63. The van der Waals surface area contributed by atoms with Gasteiger partial charge in [0.2, 0.25) is 11.8 Å². The van der Waals surface area contributed by atoms with Crippen molar-refractivity contribution in [2.24, 2.45) is 0 Å². The number of hydrogen-bond acceptors (Lipinski definition) is 3. The first kappa shape index (κ1) is 13.2. The number of nitrogens with zero attached hydrogens (tertiary/aromatic N) is 1. The van der Waals surface area contributed by atoms with Crippen LogP contribution in [-0.4, -0.2) is 36.3 Å². The predicted molar refractivity (Wildman–Crippen MR) is 62.9 cm³/mol. The van der Waals surface area contributed by atoms with Gasteiger partial charge in [0, 0.05) is 6.42 Å². The van der Waals surface area contributed by atoms with Crippen LogP contribution in [-0.2, 0) is 9.59 Å². The molecule has 1 unspecified atom stereocenters. The summed E-state index contributed by atoms with van der Waals surface area (Å²) in [6.07, 6.45) is 5.95. The van der Waals surface area contributed by atoms with Crippen molar-refractivity contribution in [1.29, 1.82) is 0 Å². The summed E-state index contributed by atoms with van der Waals surface area (Å²) in [5, 5.41) is 2.39. The molecule has 0 spiro atoms. The number of imide groups is 1. The van der Waals surface area contributed by atoms with Gasteiger partial charge in [-0.3, -0.25) is 19.8 Å². The maximum atomic E-state index is 11.6. The Morgan fingerprint density at radius 1 is 1.31 bits per heavy atom. The third kappa shape index (κ3) is 3.93. The zero-order valence-corrected chi connectivity index (χ0v) is 10.3. The van der Waals surface area contributed by atoms with Gasteiger partial charge in [0.25, 0.3) is 0 Å². The molecule has 1 saturated heterocycles. The molecule has 0 aromatic carbocycles. The first-order valence-corrected chi connectivity index (χ1v) is 6.19. The zero-order valence-electron chi connectivity index (χ0n) is 10.3. The Morgan fingerprint density at radius 2 is 2.06 bits per heavy atom. The summed E-state index contributed by atoms with van der Waals surface area (Å²) in [5.74, 6) is -0.269. The SMILES string of the molecule is CCCCCCN(C)C1CCC(=O)NC1=O. The number of carbonyl (C=O) groups is 2. The van der Waals surface area contributed by atoms with Crippen LogP contribution in [0.5, 0.6) is 0 Å². The number of rotatable bonds is 6. The molecular weight excluding hydrogens is 204 g/mol. The van der Waals surface area contributed by atoms with E-state index >= 15 is 0 Å². The fourth-order valence-corrected chi connectivity index (χ4v) is 2.05. The van der Waals surface area contributed by atoms with Crippen molar-refractivity contribution in [3.8, 4) is 0 Å². The molecule has 0 aromatic heterocycles. The van der Waals surface area contributed by atoms with Crippen LogP contribution in [0.2, 0.25) is 0 Å². The van der Waals surface area contributed by atoms with Gasteiger partial charge in [-0.15, -0.1) is 0 Å². The summed E-state index contributed by atoms with van der Waals surface area (Å²) in [6.45, 7) is 3.12. The van der Waals surface area contributed by atoms with E-state index in [9.17, 15) is 9.59 Å². The highest BCUT2D eigenvalue weighted by Crippen LogP contribution is 2.11. The Bertz CT molecular complexity index is 253. The first-order valence-electron chi connectivity index (χ1n) is 6.19. The first-order chi connectivity index (χ1) is 7.65. The molecule has 4 heteroatoms. The van der Waals surface area contributed by atoms with E-state index in [1.165, 1.54) is 19.3 Å². The van der Waals surface area contributed by atoms with E-state index in [2.05, 4.69) is 17.1 Å². The third-order valence-electron chi connectivity index (χ3n) is 3.11. The lowest BCUT2D eigenvalue weighted by Gasteiger charge is -2.29. The highest BCUT2D eigenvalue weighted by molar-refractivity contribution is 6.00. The number of carbonyl (C=O) groups excluding carboxylic acids is 2. The molecule has 1 rings (SSSR count). The topological polar surface area (TPSA) is 49.4 Å². The van der Waals surface area contributed by atoms with Crippen LogP contribution >= 0.6 is 0 Å². The lowest BCUT2D eigenvalue weighted by molar-refractivity contribution is -0.137. The molecule has 1 heterocycles. The van der Waals surface area contributed by atoms with Gasteiger partial charge in [0.05, 0.1) is 6.04 Å². The van der Waals surface area contributed by atoms with Gasteiger partial charge in [0.15, 0.2) is 0 Å². The van der Waals surface area contributed by atoms with E-state index in [4.69, 9.17) is 0 Å². The molecule has 1 atom stereocenters. The lowest BCUT2D eigenvalue weighted by Crippen LogP contribution is -2.51.